The van der Waals surface area contributed by atoms with Gasteiger partial charge < -0.3 is 9.47 Å². The van der Waals surface area contributed by atoms with Crippen LogP contribution in [-0.4, -0.2) is 19.0 Å². The van der Waals surface area contributed by atoms with Crippen molar-refractivity contribution < 1.29 is 9.47 Å². The molecule has 1 rings (SSSR count). The van der Waals surface area contributed by atoms with Crippen LogP contribution in [0, 0.1) is 11.3 Å². The summed E-state index contributed by atoms with van der Waals surface area (Å²) in [5.74, 6) is -0.990. The largest absolute Gasteiger partial charge is 0.338 e. The molecule has 1 aliphatic heterocycles. The Bertz CT molecular complexity index is 142. The predicted octanol–water partition coefficient (Wildman–Crippen LogP) is 1.05. The average molecular weight is 141 g/mol. The van der Waals surface area contributed by atoms with Gasteiger partial charge in [-0.15, -0.1) is 0 Å². The van der Waals surface area contributed by atoms with E-state index in [0.29, 0.717) is 13.2 Å². The van der Waals surface area contributed by atoms with Crippen molar-refractivity contribution >= 4 is 0 Å². The zero-order chi connectivity index (χ0) is 7.45. The first-order valence-corrected chi connectivity index (χ1v) is 3.46. The summed E-state index contributed by atoms with van der Waals surface area (Å²) in [6, 6.07) is 1.98. The molecule has 0 aromatic heterocycles. The number of rotatable bonds is 0. The van der Waals surface area contributed by atoms with Gasteiger partial charge in [0.2, 0.25) is 0 Å². The summed E-state index contributed by atoms with van der Waals surface area (Å²) in [4.78, 5) is 0. The van der Waals surface area contributed by atoms with E-state index in [2.05, 4.69) is 0 Å². The fraction of sp³-hybridized carbons (Fsp3) is 0.857. The summed E-state index contributed by atoms with van der Waals surface area (Å²) in [6.07, 6.45) is 1.97. The second-order valence-electron chi connectivity index (χ2n) is 2.46. The van der Waals surface area contributed by atoms with Crippen molar-refractivity contribution in [2.45, 2.75) is 25.6 Å². The van der Waals surface area contributed by atoms with Crippen molar-refractivity contribution in [3.8, 4) is 6.07 Å². The van der Waals surface area contributed by atoms with Crippen molar-refractivity contribution in [3.05, 3.63) is 0 Å². The standard InChI is InChI=1S/C7H11NO2/c1-7(6-8)9-4-2-3-5-10-7/h2-5H2,1H3. The first-order chi connectivity index (χ1) is 4.77. The van der Waals surface area contributed by atoms with E-state index in [1.807, 2.05) is 6.07 Å². The fourth-order valence-electron chi connectivity index (χ4n) is 0.844. The third-order valence-corrected chi connectivity index (χ3v) is 1.50. The van der Waals surface area contributed by atoms with E-state index in [-0.39, 0.29) is 0 Å². The molecule has 0 aliphatic carbocycles. The van der Waals surface area contributed by atoms with Crippen molar-refractivity contribution in [2.75, 3.05) is 13.2 Å². The zero-order valence-corrected chi connectivity index (χ0v) is 6.09. The molecule has 0 N–H and O–H groups in total. The van der Waals surface area contributed by atoms with Crippen LogP contribution in [0.25, 0.3) is 0 Å². The summed E-state index contributed by atoms with van der Waals surface area (Å²) in [5, 5.41) is 8.58. The minimum absolute atomic E-state index is 0.629. The Morgan fingerprint density at radius 2 is 1.80 bits per heavy atom. The Balaban J connectivity index is 2.51. The quantitative estimate of drug-likeness (QED) is 0.506. The molecular formula is C7H11NO2. The zero-order valence-electron chi connectivity index (χ0n) is 6.09. The Kier molecular flexibility index (Phi) is 2.25. The Morgan fingerprint density at radius 1 is 1.30 bits per heavy atom. The lowest BCUT2D eigenvalue weighted by Crippen LogP contribution is -2.29. The lowest BCUT2D eigenvalue weighted by molar-refractivity contribution is -0.171. The van der Waals surface area contributed by atoms with E-state index < -0.39 is 5.79 Å². The van der Waals surface area contributed by atoms with Gasteiger partial charge in [0.15, 0.2) is 0 Å². The van der Waals surface area contributed by atoms with Gasteiger partial charge in [0.1, 0.15) is 6.07 Å². The normalized spacial score (nSPS) is 24.8. The van der Waals surface area contributed by atoms with Crippen LogP contribution in [0.4, 0.5) is 0 Å². The molecule has 0 bridgehead atoms. The Hall–Kier alpha value is -0.590. The summed E-state index contributed by atoms with van der Waals surface area (Å²) in [5.41, 5.74) is 0. The molecule has 0 aromatic carbocycles. The van der Waals surface area contributed by atoms with Gasteiger partial charge in [0.05, 0.1) is 13.2 Å². The van der Waals surface area contributed by atoms with Crippen LogP contribution in [0.3, 0.4) is 0 Å². The third-order valence-electron chi connectivity index (χ3n) is 1.50. The maximum absolute atomic E-state index is 8.58. The SMILES string of the molecule is CC1(C#N)OCCCCO1. The van der Waals surface area contributed by atoms with Crippen molar-refractivity contribution in [1.82, 2.24) is 0 Å². The second-order valence-corrected chi connectivity index (χ2v) is 2.46. The monoisotopic (exact) mass is 141 g/mol. The lowest BCUT2D eigenvalue weighted by Gasteiger charge is -2.18. The molecule has 0 amide bonds. The topological polar surface area (TPSA) is 42.2 Å². The predicted molar refractivity (Wildman–Crippen MR) is 35.2 cm³/mol. The average Bonchev–Trinajstić information content (AvgIpc) is 2.15. The van der Waals surface area contributed by atoms with Crippen molar-refractivity contribution in [2.24, 2.45) is 0 Å². The second kappa shape index (κ2) is 3.00. The summed E-state index contributed by atoms with van der Waals surface area (Å²) in [6.45, 7) is 2.91. The number of hydrogen-bond acceptors (Lipinski definition) is 3. The van der Waals surface area contributed by atoms with E-state index in [1.165, 1.54) is 0 Å². The van der Waals surface area contributed by atoms with Gasteiger partial charge in [-0.1, -0.05) is 0 Å². The smallest absolute Gasteiger partial charge is 0.256 e. The number of hydrogen-bond donors (Lipinski definition) is 0. The molecule has 0 unspecified atom stereocenters. The molecule has 0 aromatic rings. The maximum Gasteiger partial charge on any atom is 0.256 e. The van der Waals surface area contributed by atoms with Crippen LogP contribution in [0.5, 0.6) is 0 Å². The first-order valence-electron chi connectivity index (χ1n) is 3.46. The Morgan fingerprint density at radius 3 is 2.20 bits per heavy atom. The van der Waals surface area contributed by atoms with Gasteiger partial charge in [-0.3, -0.25) is 0 Å². The lowest BCUT2D eigenvalue weighted by atomic mass is 10.3. The van der Waals surface area contributed by atoms with Crippen LogP contribution in [0.2, 0.25) is 0 Å². The van der Waals surface area contributed by atoms with Gasteiger partial charge >= 0.3 is 0 Å². The van der Waals surface area contributed by atoms with Gasteiger partial charge in [0, 0.05) is 6.92 Å². The molecule has 0 saturated carbocycles. The number of nitriles is 1. The molecule has 1 aliphatic rings. The molecule has 0 atom stereocenters. The van der Waals surface area contributed by atoms with Crippen LogP contribution < -0.4 is 0 Å². The summed E-state index contributed by atoms with van der Waals surface area (Å²) < 4.78 is 10.3. The summed E-state index contributed by atoms with van der Waals surface area (Å²) in [7, 11) is 0. The maximum atomic E-state index is 8.58. The molecular weight excluding hydrogens is 130 g/mol. The summed E-state index contributed by atoms with van der Waals surface area (Å²) >= 11 is 0. The van der Waals surface area contributed by atoms with Gasteiger partial charge in [-0.2, -0.15) is 5.26 Å². The highest BCUT2D eigenvalue weighted by Crippen LogP contribution is 2.15. The van der Waals surface area contributed by atoms with Crippen LogP contribution in [0.15, 0.2) is 0 Å². The van der Waals surface area contributed by atoms with Crippen molar-refractivity contribution in [3.63, 3.8) is 0 Å². The molecule has 1 saturated heterocycles. The van der Waals surface area contributed by atoms with Crippen LogP contribution >= 0.6 is 0 Å². The fourth-order valence-corrected chi connectivity index (χ4v) is 0.844. The van der Waals surface area contributed by atoms with E-state index in [1.54, 1.807) is 6.92 Å². The molecule has 1 fully saturated rings. The molecule has 56 valence electrons. The van der Waals surface area contributed by atoms with E-state index in [4.69, 9.17) is 14.7 Å². The van der Waals surface area contributed by atoms with Gasteiger partial charge in [-0.05, 0) is 12.8 Å². The van der Waals surface area contributed by atoms with Crippen LogP contribution in [0.1, 0.15) is 19.8 Å². The highest BCUT2D eigenvalue weighted by Gasteiger charge is 2.26. The van der Waals surface area contributed by atoms with E-state index >= 15 is 0 Å². The van der Waals surface area contributed by atoms with E-state index in [9.17, 15) is 0 Å². The molecule has 10 heavy (non-hydrogen) atoms. The molecule has 3 nitrogen and oxygen atoms in total. The molecule has 0 radical (unpaired) electrons. The molecule has 1 heterocycles. The number of nitrogens with zero attached hydrogens (tertiary/aromatic N) is 1. The third kappa shape index (κ3) is 1.69. The minimum atomic E-state index is -0.990. The molecule has 0 spiro atoms. The molecule has 3 heteroatoms. The first kappa shape index (κ1) is 7.52. The Labute approximate surface area is 60.5 Å². The van der Waals surface area contributed by atoms with E-state index in [0.717, 1.165) is 12.8 Å². The van der Waals surface area contributed by atoms with Crippen molar-refractivity contribution in [1.29, 1.82) is 5.26 Å². The number of ether oxygens (including phenoxy) is 2. The van der Waals surface area contributed by atoms with Gasteiger partial charge in [0.25, 0.3) is 5.79 Å². The van der Waals surface area contributed by atoms with Crippen LogP contribution in [-0.2, 0) is 9.47 Å². The minimum Gasteiger partial charge on any atom is -0.338 e. The highest BCUT2D eigenvalue weighted by atomic mass is 16.7. The highest BCUT2D eigenvalue weighted by molar-refractivity contribution is 4.90. The van der Waals surface area contributed by atoms with Gasteiger partial charge in [-0.25, -0.2) is 0 Å².